The van der Waals surface area contributed by atoms with Crippen LogP contribution in [0.15, 0.2) is 48.5 Å². The number of rotatable bonds is 3. The number of hydrogen-bond donors (Lipinski definition) is 1. The smallest absolute Gasteiger partial charge is 0.0547 e. The van der Waals surface area contributed by atoms with Crippen molar-refractivity contribution in [2.75, 3.05) is 19.6 Å². The second-order valence-electron chi connectivity index (χ2n) is 5.37. The molecule has 20 heavy (non-hydrogen) atoms. The van der Waals surface area contributed by atoms with E-state index in [4.69, 9.17) is 0 Å². The van der Waals surface area contributed by atoms with E-state index in [0.717, 1.165) is 37.6 Å². The molecule has 1 aromatic heterocycles. The third-order valence-corrected chi connectivity index (χ3v) is 3.85. The van der Waals surface area contributed by atoms with Crippen LogP contribution in [-0.2, 0) is 6.54 Å². The Morgan fingerprint density at radius 1 is 1.15 bits per heavy atom. The van der Waals surface area contributed by atoms with E-state index in [1.54, 1.807) is 0 Å². The standard InChI is InChI=1S/C17H21N3/c1-14-6-5-9-16(19-14)13-20-11-10-18-12-17(20)15-7-3-2-4-8-15/h2-9,17-18H,10-13H2,1H3. The van der Waals surface area contributed by atoms with Crippen LogP contribution in [0.5, 0.6) is 0 Å². The lowest BCUT2D eigenvalue weighted by Crippen LogP contribution is -2.45. The molecule has 1 aliphatic heterocycles. The lowest BCUT2D eigenvalue weighted by molar-refractivity contribution is 0.152. The van der Waals surface area contributed by atoms with Crippen LogP contribution >= 0.6 is 0 Å². The maximum Gasteiger partial charge on any atom is 0.0547 e. The van der Waals surface area contributed by atoms with E-state index in [1.165, 1.54) is 5.56 Å². The van der Waals surface area contributed by atoms with Gasteiger partial charge in [0.1, 0.15) is 0 Å². The van der Waals surface area contributed by atoms with Gasteiger partial charge >= 0.3 is 0 Å². The van der Waals surface area contributed by atoms with Crippen molar-refractivity contribution in [2.45, 2.75) is 19.5 Å². The third-order valence-electron chi connectivity index (χ3n) is 3.85. The van der Waals surface area contributed by atoms with Crippen LogP contribution in [0.4, 0.5) is 0 Å². The molecule has 1 atom stereocenters. The Balaban J connectivity index is 1.79. The van der Waals surface area contributed by atoms with E-state index in [9.17, 15) is 0 Å². The van der Waals surface area contributed by atoms with E-state index in [2.05, 4.69) is 70.7 Å². The number of aryl methyl sites for hydroxylation is 1. The topological polar surface area (TPSA) is 28.2 Å². The molecule has 1 aromatic carbocycles. The molecule has 104 valence electrons. The van der Waals surface area contributed by atoms with Crippen LogP contribution in [0.25, 0.3) is 0 Å². The summed E-state index contributed by atoms with van der Waals surface area (Å²) >= 11 is 0. The SMILES string of the molecule is Cc1cccc(CN2CCNCC2c2ccccc2)n1. The van der Waals surface area contributed by atoms with Crippen LogP contribution in [0, 0.1) is 6.92 Å². The predicted molar refractivity (Wildman–Crippen MR) is 81.4 cm³/mol. The molecular formula is C17H21N3. The summed E-state index contributed by atoms with van der Waals surface area (Å²) in [5.41, 5.74) is 3.63. The van der Waals surface area contributed by atoms with Gasteiger partial charge < -0.3 is 5.32 Å². The van der Waals surface area contributed by atoms with Crippen molar-refractivity contribution >= 4 is 0 Å². The van der Waals surface area contributed by atoms with Crippen molar-refractivity contribution in [3.8, 4) is 0 Å². The first-order chi connectivity index (χ1) is 9.83. The summed E-state index contributed by atoms with van der Waals surface area (Å²) in [6.45, 7) is 6.10. The average Bonchev–Trinajstić information content (AvgIpc) is 2.49. The Bertz CT molecular complexity index is 553. The summed E-state index contributed by atoms with van der Waals surface area (Å²) in [4.78, 5) is 7.15. The number of piperazine rings is 1. The molecule has 0 saturated carbocycles. The predicted octanol–water partition coefficient (Wildman–Crippen LogP) is 2.54. The molecule has 1 unspecified atom stereocenters. The van der Waals surface area contributed by atoms with Gasteiger partial charge in [0.05, 0.1) is 5.69 Å². The van der Waals surface area contributed by atoms with E-state index >= 15 is 0 Å². The van der Waals surface area contributed by atoms with Gasteiger partial charge in [-0.3, -0.25) is 9.88 Å². The number of nitrogens with one attached hydrogen (secondary N) is 1. The van der Waals surface area contributed by atoms with Crippen LogP contribution in [0.2, 0.25) is 0 Å². The summed E-state index contributed by atoms with van der Waals surface area (Å²) in [7, 11) is 0. The Kier molecular flexibility index (Phi) is 4.09. The average molecular weight is 267 g/mol. The summed E-state index contributed by atoms with van der Waals surface area (Å²) in [5, 5.41) is 3.50. The molecule has 2 aromatic rings. The lowest BCUT2D eigenvalue weighted by Gasteiger charge is -2.36. The van der Waals surface area contributed by atoms with Crippen molar-refractivity contribution in [3.63, 3.8) is 0 Å². The normalized spacial score (nSPS) is 19.9. The molecule has 1 saturated heterocycles. The Morgan fingerprint density at radius 3 is 2.80 bits per heavy atom. The fourth-order valence-electron chi connectivity index (χ4n) is 2.84. The zero-order chi connectivity index (χ0) is 13.8. The third kappa shape index (κ3) is 3.06. The van der Waals surface area contributed by atoms with Gasteiger partial charge in [0.25, 0.3) is 0 Å². The fraction of sp³-hybridized carbons (Fsp3) is 0.353. The first-order valence-electron chi connectivity index (χ1n) is 7.25. The first-order valence-corrected chi connectivity index (χ1v) is 7.25. The molecule has 1 N–H and O–H groups in total. The molecule has 0 aliphatic carbocycles. The molecule has 0 amide bonds. The lowest BCUT2D eigenvalue weighted by atomic mass is 10.0. The Hall–Kier alpha value is -1.71. The number of hydrogen-bond acceptors (Lipinski definition) is 3. The highest BCUT2D eigenvalue weighted by Crippen LogP contribution is 2.23. The molecule has 3 heteroatoms. The molecule has 1 fully saturated rings. The molecular weight excluding hydrogens is 246 g/mol. The molecule has 3 nitrogen and oxygen atoms in total. The molecule has 2 heterocycles. The van der Waals surface area contributed by atoms with Gasteiger partial charge in [0.15, 0.2) is 0 Å². The van der Waals surface area contributed by atoms with Crippen molar-refractivity contribution in [3.05, 3.63) is 65.5 Å². The molecule has 1 aliphatic rings. The van der Waals surface area contributed by atoms with E-state index in [1.807, 2.05) is 0 Å². The molecule has 0 spiro atoms. The number of nitrogens with zero attached hydrogens (tertiary/aromatic N) is 2. The van der Waals surface area contributed by atoms with Gasteiger partial charge in [-0.25, -0.2) is 0 Å². The minimum Gasteiger partial charge on any atom is -0.314 e. The molecule has 3 rings (SSSR count). The number of benzene rings is 1. The van der Waals surface area contributed by atoms with Crippen LogP contribution < -0.4 is 5.32 Å². The monoisotopic (exact) mass is 267 g/mol. The largest absolute Gasteiger partial charge is 0.314 e. The summed E-state index contributed by atoms with van der Waals surface area (Å²) < 4.78 is 0. The van der Waals surface area contributed by atoms with Gasteiger partial charge in [0, 0.05) is 37.9 Å². The van der Waals surface area contributed by atoms with Crippen LogP contribution in [-0.4, -0.2) is 29.5 Å². The maximum absolute atomic E-state index is 4.63. The second kappa shape index (κ2) is 6.16. The van der Waals surface area contributed by atoms with Gasteiger partial charge in [-0.15, -0.1) is 0 Å². The van der Waals surface area contributed by atoms with Crippen LogP contribution in [0.3, 0.4) is 0 Å². The van der Waals surface area contributed by atoms with Crippen LogP contribution in [0.1, 0.15) is 23.0 Å². The van der Waals surface area contributed by atoms with Crippen molar-refractivity contribution in [1.82, 2.24) is 15.2 Å². The fourth-order valence-corrected chi connectivity index (χ4v) is 2.84. The van der Waals surface area contributed by atoms with Gasteiger partial charge in [-0.1, -0.05) is 36.4 Å². The Labute approximate surface area is 120 Å². The molecule has 0 bridgehead atoms. The van der Waals surface area contributed by atoms with Crippen molar-refractivity contribution in [1.29, 1.82) is 0 Å². The highest BCUT2D eigenvalue weighted by Gasteiger charge is 2.23. The van der Waals surface area contributed by atoms with E-state index < -0.39 is 0 Å². The van der Waals surface area contributed by atoms with E-state index in [-0.39, 0.29) is 0 Å². The minimum absolute atomic E-state index is 0.437. The van der Waals surface area contributed by atoms with E-state index in [0.29, 0.717) is 6.04 Å². The zero-order valence-electron chi connectivity index (χ0n) is 11.9. The number of aromatic nitrogens is 1. The molecule has 0 radical (unpaired) electrons. The van der Waals surface area contributed by atoms with Crippen molar-refractivity contribution in [2.24, 2.45) is 0 Å². The second-order valence-corrected chi connectivity index (χ2v) is 5.37. The highest BCUT2D eigenvalue weighted by molar-refractivity contribution is 5.20. The first kappa shape index (κ1) is 13.3. The summed E-state index contributed by atoms with van der Waals surface area (Å²) in [5.74, 6) is 0. The minimum atomic E-state index is 0.437. The Morgan fingerprint density at radius 2 is 2.00 bits per heavy atom. The van der Waals surface area contributed by atoms with Crippen molar-refractivity contribution < 1.29 is 0 Å². The van der Waals surface area contributed by atoms with Gasteiger partial charge in [-0.05, 0) is 24.6 Å². The maximum atomic E-state index is 4.63. The highest BCUT2D eigenvalue weighted by atomic mass is 15.2. The summed E-state index contributed by atoms with van der Waals surface area (Å²) in [6.07, 6.45) is 0. The summed E-state index contributed by atoms with van der Waals surface area (Å²) in [6, 6.07) is 17.5. The van der Waals surface area contributed by atoms with Gasteiger partial charge in [0.2, 0.25) is 0 Å². The van der Waals surface area contributed by atoms with Gasteiger partial charge in [-0.2, -0.15) is 0 Å². The quantitative estimate of drug-likeness (QED) is 0.926. The zero-order valence-corrected chi connectivity index (χ0v) is 11.9. The number of pyridine rings is 1.